The Morgan fingerprint density at radius 1 is 1.07 bits per heavy atom. The highest BCUT2D eigenvalue weighted by Crippen LogP contribution is 2.08. The highest BCUT2D eigenvalue weighted by Gasteiger charge is 2.29. The van der Waals surface area contributed by atoms with E-state index in [-0.39, 0.29) is 31.2 Å². The van der Waals surface area contributed by atoms with E-state index >= 15 is 0 Å². The Hall–Kier alpha value is -2.58. The fourth-order valence-electron chi connectivity index (χ4n) is 2.48. The summed E-state index contributed by atoms with van der Waals surface area (Å²) in [6.45, 7) is 7.29. The van der Waals surface area contributed by atoms with Gasteiger partial charge in [-0.3, -0.25) is 14.4 Å². The van der Waals surface area contributed by atoms with E-state index in [0.717, 1.165) is 6.21 Å². The van der Waals surface area contributed by atoms with E-state index in [1.807, 2.05) is 13.8 Å². The molecule has 0 fully saturated rings. The molecule has 0 aromatic carbocycles. The Kier molecular flexibility index (Phi) is 12.4. The number of hydrogen-bond donors (Lipinski definition) is 2. The molecule has 0 bridgehead atoms. The van der Waals surface area contributed by atoms with Crippen LogP contribution in [-0.4, -0.2) is 78.3 Å². The molecule has 10 nitrogen and oxygen atoms in total. The monoisotopic (exact) mass is 411 g/mol. The fourth-order valence-corrected chi connectivity index (χ4v) is 2.48. The lowest BCUT2D eigenvalue weighted by Gasteiger charge is -2.24. The molecule has 2 N–H and O–H groups in total. The van der Waals surface area contributed by atoms with Crippen LogP contribution in [0.15, 0.2) is 0 Å². The molecule has 0 radical (unpaired) electrons. The zero-order valence-electron chi connectivity index (χ0n) is 18.1. The van der Waals surface area contributed by atoms with Gasteiger partial charge in [0.15, 0.2) is 0 Å². The van der Waals surface area contributed by atoms with Crippen LogP contribution >= 0.6 is 0 Å². The molecule has 0 heterocycles. The number of carbonyl (C=O) groups is 4. The minimum absolute atomic E-state index is 0.0256. The van der Waals surface area contributed by atoms with Crippen molar-refractivity contribution in [1.82, 2.24) is 15.5 Å². The SMILES string of the molecule is CC(C)C[C@H](NC(=O)CN(C)C)C(=O)N[C@@H](CCC(=O)C=[N+]=[N-])C(=O)OC(C)C. The quantitative estimate of drug-likeness (QED) is 0.191. The number of rotatable bonds is 13. The van der Waals surface area contributed by atoms with Crippen LogP contribution in [-0.2, 0) is 23.9 Å². The van der Waals surface area contributed by atoms with Crippen molar-refractivity contribution in [2.45, 2.75) is 65.1 Å². The Morgan fingerprint density at radius 2 is 1.69 bits per heavy atom. The van der Waals surface area contributed by atoms with Gasteiger partial charge in [-0.2, -0.15) is 4.79 Å². The Bertz CT molecular complexity index is 626. The Labute approximate surface area is 172 Å². The number of hydrogen-bond acceptors (Lipinski definition) is 6. The standard InChI is InChI=1S/C19H33N5O5/c1-12(2)9-16(22-17(26)11-24(5)6)18(27)23-15(19(28)29-13(3)4)8-7-14(25)10-21-20/h10,12-13,15-16H,7-9,11H2,1-6H3,(H,22,26)(H,23,27)/t15-,16-/m0/s1. The minimum atomic E-state index is -1.07. The lowest BCUT2D eigenvalue weighted by atomic mass is 10.0. The number of likely N-dealkylation sites (N-methyl/N-ethyl adjacent to an activating group) is 1. The molecule has 0 aliphatic heterocycles. The third-order valence-corrected chi connectivity index (χ3v) is 3.65. The molecule has 0 rings (SSSR count). The van der Waals surface area contributed by atoms with Crippen LogP contribution in [0, 0.1) is 5.92 Å². The first-order chi connectivity index (χ1) is 13.5. The van der Waals surface area contributed by atoms with Crippen LogP contribution in [0.1, 0.15) is 47.0 Å². The molecular weight excluding hydrogens is 378 g/mol. The summed E-state index contributed by atoms with van der Waals surface area (Å²) in [6, 6.07) is -1.90. The van der Waals surface area contributed by atoms with Crippen LogP contribution < -0.4 is 10.6 Å². The molecular formula is C19H33N5O5. The van der Waals surface area contributed by atoms with Gasteiger partial charge in [-0.1, -0.05) is 13.8 Å². The van der Waals surface area contributed by atoms with Gasteiger partial charge in [0, 0.05) is 6.42 Å². The molecule has 29 heavy (non-hydrogen) atoms. The van der Waals surface area contributed by atoms with Crippen molar-refractivity contribution in [1.29, 1.82) is 0 Å². The molecule has 0 aromatic rings. The van der Waals surface area contributed by atoms with Crippen molar-refractivity contribution in [2.24, 2.45) is 5.92 Å². The van der Waals surface area contributed by atoms with Gasteiger partial charge in [0.05, 0.1) is 12.6 Å². The van der Waals surface area contributed by atoms with Crippen molar-refractivity contribution in [3.63, 3.8) is 0 Å². The van der Waals surface area contributed by atoms with Crippen molar-refractivity contribution in [3.05, 3.63) is 5.53 Å². The highest BCUT2D eigenvalue weighted by atomic mass is 16.5. The van der Waals surface area contributed by atoms with E-state index in [0.29, 0.717) is 6.42 Å². The molecule has 0 saturated carbocycles. The topological polar surface area (TPSA) is 141 Å². The molecule has 10 heteroatoms. The number of carbonyl (C=O) groups excluding carboxylic acids is 4. The van der Waals surface area contributed by atoms with Crippen molar-refractivity contribution < 1.29 is 28.7 Å². The van der Waals surface area contributed by atoms with Gasteiger partial charge in [0.25, 0.3) is 0 Å². The van der Waals surface area contributed by atoms with Gasteiger partial charge in [-0.15, -0.1) is 0 Å². The van der Waals surface area contributed by atoms with Crippen LogP contribution in [0.5, 0.6) is 0 Å². The summed E-state index contributed by atoms with van der Waals surface area (Å²) < 4.78 is 5.16. The maximum Gasteiger partial charge on any atom is 0.328 e. The van der Waals surface area contributed by atoms with Gasteiger partial charge in [-0.25, -0.2) is 4.79 Å². The van der Waals surface area contributed by atoms with Crippen LogP contribution in [0.4, 0.5) is 0 Å². The largest absolute Gasteiger partial charge is 0.461 e. The smallest absolute Gasteiger partial charge is 0.328 e. The Morgan fingerprint density at radius 3 is 2.17 bits per heavy atom. The van der Waals surface area contributed by atoms with E-state index < -0.39 is 35.8 Å². The van der Waals surface area contributed by atoms with Crippen molar-refractivity contribution >= 4 is 29.8 Å². The highest BCUT2D eigenvalue weighted by molar-refractivity contribution is 6.25. The van der Waals surface area contributed by atoms with Crippen LogP contribution in [0.2, 0.25) is 0 Å². The summed E-state index contributed by atoms with van der Waals surface area (Å²) in [4.78, 5) is 53.1. The summed E-state index contributed by atoms with van der Waals surface area (Å²) in [5.74, 6) is -1.90. The predicted molar refractivity (Wildman–Crippen MR) is 107 cm³/mol. The van der Waals surface area contributed by atoms with Gasteiger partial charge < -0.3 is 25.8 Å². The number of esters is 1. The third-order valence-electron chi connectivity index (χ3n) is 3.65. The van der Waals surface area contributed by atoms with Gasteiger partial charge >= 0.3 is 12.2 Å². The first-order valence-corrected chi connectivity index (χ1v) is 9.61. The second-order valence-electron chi connectivity index (χ2n) is 7.78. The zero-order valence-corrected chi connectivity index (χ0v) is 18.1. The summed E-state index contributed by atoms with van der Waals surface area (Å²) in [6.07, 6.45) is 0.567. The van der Waals surface area contributed by atoms with Gasteiger partial charge in [0.1, 0.15) is 12.1 Å². The average molecular weight is 412 g/mol. The number of amides is 2. The van der Waals surface area contributed by atoms with Crippen molar-refractivity contribution in [2.75, 3.05) is 20.6 Å². The summed E-state index contributed by atoms with van der Waals surface area (Å²) in [7, 11) is 3.48. The maximum atomic E-state index is 12.8. The lowest BCUT2D eigenvalue weighted by Crippen LogP contribution is -2.53. The first kappa shape index (κ1) is 26.4. The molecule has 0 aliphatic carbocycles. The number of nitrogens with zero attached hydrogens (tertiary/aromatic N) is 3. The number of ketones is 1. The first-order valence-electron chi connectivity index (χ1n) is 9.61. The van der Waals surface area contributed by atoms with E-state index in [2.05, 4.69) is 15.4 Å². The average Bonchev–Trinajstić information content (AvgIpc) is 2.56. The van der Waals surface area contributed by atoms with Crippen LogP contribution in [0.3, 0.4) is 0 Å². The second kappa shape index (κ2) is 13.6. The fraction of sp³-hybridized carbons (Fsp3) is 0.737. The maximum absolute atomic E-state index is 12.8. The van der Waals surface area contributed by atoms with E-state index in [4.69, 9.17) is 10.3 Å². The number of nitrogens with one attached hydrogen (secondary N) is 2. The molecule has 0 spiro atoms. The van der Waals surface area contributed by atoms with E-state index in [9.17, 15) is 19.2 Å². The molecule has 0 unspecified atom stereocenters. The zero-order chi connectivity index (χ0) is 22.6. The van der Waals surface area contributed by atoms with Gasteiger partial charge in [-0.05, 0) is 46.7 Å². The normalized spacial score (nSPS) is 12.9. The summed E-state index contributed by atoms with van der Waals surface area (Å²) in [5, 5.41) is 5.27. The minimum Gasteiger partial charge on any atom is -0.461 e. The molecule has 0 aromatic heterocycles. The molecule has 0 aliphatic rings. The van der Waals surface area contributed by atoms with E-state index in [1.165, 1.54) is 0 Å². The molecule has 164 valence electrons. The lowest BCUT2D eigenvalue weighted by molar-refractivity contribution is -0.152. The Balaban J connectivity index is 5.29. The van der Waals surface area contributed by atoms with E-state index in [1.54, 1.807) is 32.8 Å². The number of ether oxygens (including phenoxy) is 1. The molecule has 2 atom stereocenters. The van der Waals surface area contributed by atoms with Crippen LogP contribution in [0.25, 0.3) is 5.53 Å². The van der Waals surface area contributed by atoms with Crippen molar-refractivity contribution in [3.8, 4) is 0 Å². The molecule has 0 saturated heterocycles. The summed E-state index contributed by atoms with van der Waals surface area (Å²) >= 11 is 0. The molecule has 2 amide bonds. The predicted octanol–water partition coefficient (Wildman–Crippen LogP) is 0.165. The summed E-state index contributed by atoms with van der Waals surface area (Å²) in [5.41, 5.74) is 8.42. The third kappa shape index (κ3) is 12.5. The number of Topliss-reactive ketones (excluding diaryl/α,β-unsaturated/α-hetero) is 1. The second-order valence-corrected chi connectivity index (χ2v) is 7.78. The van der Waals surface area contributed by atoms with Gasteiger partial charge in [0.2, 0.25) is 17.6 Å².